The Hall–Kier alpha value is -1.34. The second-order valence-electron chi connectivity index (χ2n) is 7.01. The van der Waals surface area contributed by atoms with Gasteiger partial charge in [-0.2, -0.15) is 13.2 Å². The average molecular weight is 378 g/mol. The SMILES string of the molecule is Cc1nc(C(F)(F)F)ccc1C(=O)NC1C2CCCC1CC(N)C2.Cl. The molecule has 1 aromatic heterocycles. The van der Waals surface area contributed by atoms with E-state index in [4.69, 9.17) is 5.73 Å². The van der Waals surface area contributed by atoms with Crippen LogP contribution in [0.4, 0.5) is 13.2 Å². The molecule has 2 unspecified atom stereocenters. The van der Waals surface area contributed by atoms with Crippen molar-refractivity contribution in [2.24, 2.45) is 17.6 Å². The first kappa shape index (κ1) is 20.0. The highest BCUT2D eigenvalue weighted by atomic mass is 35.5. The third-order valence-electron chi connectivity index (χ3n) is 5.30. The van der Waals surface area contributed by atoms with Crippen molar-refractivity contribution in [3.63, 3.8) is 0 Å². The lowest BCUT2D eigenvalue weighted by Gasteiger charge is -2.45. The summed E-state index contributed by atoms with van der Waals surface area (Å²) in [5.41, 5.74) is 5.41. The van der Waals surface area contributed by atoms with Gasteiger partial charge in [-0.15, -0.1) is 12.4 Å². The Labute approximate surface area is 151 Å². The van der Waals surface area contributed by atoms with E-state index in [1.54, 1.807) is 0 Å². The van der Waals surface area contributed by atoms with Gasteiger partial charge in [0.2, 0.25) is 0 Å². The van der Waals surface area contributed by atoms with Gasteiger partial charge >= 0.3 is 6.18 Å². The lowest BCUT2D eigenvalue weighted by molar-refractivity contribution is -0.141. The molecule has 2 atom stereocenters. The molecule has 140 valence electrons. The van der Waals surface area contributed by atoms with E-state index in [-0.39, 0.29) is 41.7 Å². The Morgan fingerprint density at radius 1 is 1.24 bits per heavy atom. The van der Waals surface area contributed by atoms with E-state index in [1.165, 1.54) is 13.0 Å². The van der Waals surface area contributed by atoms with Gasteiger partial charge in [-0.25, -0.2) is 4.98 Å². The minimum Gasteiger partial charge on any atom is -0.349 e. The minimum atomic E-state index is -4.50. The number of halogens is 4. The van der Waals surface area contributed by atoms with Crippen LogP contribution in [0.5, 0.6) is 0 Å². The molecule has 0 radical (unpaired) electrons. The number of pyridine rings is 1. The summed E-state index contributed by atoms with van der Waals surface area (Å²) in [5, 5.41) is 3.04. The average Bonchev–Trinajstić information content (AvgIpc) is 2.47. The highest BCUT2D eigenvalue weighted by molar-refractivity contribution is 5.95. The fourth-order valence-electron chi connectivity index (χ4n) is 4.21. The number of alkyl halides is 3. The Bertz CT molecular complexity index is 624. The summed E-state index contributed by atoms with van der Waals surface area (Å²) in [6.07, 6.45) is 0.516. The predicted octanol–water partition coefficient (Wildman–Crippen LogP) is 3.47. The van der Waals surface area contributed by atoms with Crippen molar-refractivity contribution in [3.05, 3.63) is 29.1 Å². The van der Waals surface area contributed by atoms with Crippen LogP contribution in [-0.2, 0) is 6.18 Å². The molecule has 1 heterocycles. The predicted molar refractivity (Wildman–Crippen MR) is 90.5 cm³/mol. The molecule has 0 spiro atoms. The van der Waals surface area contributed by atoms with Crippen LogP contribution >= 0.6 is 12.4 Å². The van der Waals surface area contributed by atoms with Gasteiger partial charge in [0.15, 0.2) is 0 Å². The molecule has 3 N–H and O–H groups in total. The van der Waals surface area contributed by atoms with E-state index < -0.39 is 11.9 Å². The molecule has 4 nitrogen and oxygen atoms in total. The van der Waals surface area contributed by atoms with E-state index in [0.29, 0.717) is 11.8 Å². The van der Waals surface area contributed by atoms with Gasteiger partial charge < -0.3 is 11.1 Å². The summed E-state index contributed by atoms with van der Waals surface area (Å²) in [5.74, 6) is 0.379. The van der Waals surface area contributed by atoms with Crippen LogP contribution < -0.4 is 11.1 Å². The first-order chi connectivity index (χ1) is 11.3. The number of nitrogens with one attached hydrogen (secondary N) is 1. The van der Waals surface area contributed by atoms with Gasteiger partial charge in [-0.3, -0.25) is 4.79 Å². The molecule has 25 heavy (non-hydrogen) atoms. The zero-order chi connectivity index (χ0) is 17.5. The molecule has 2 aliphatic carbocycles. The topological polar surface area (TPSA) is 68.0 Å². The molecule has 0 saturated heterocycles. The summed E-state index contributed by atoms with van der Waals surface area (Å²) in [7, 11) is 0. The molecular formula is C17H23ClF3N3O. The van der Waals surface area contributed by atoms with Crippen LogP contribution in [0, 0.1) is 18.8 Å². The van der Waals surface area contributed by atoms with Crippen LogP contribution in [0.3, 0.4) is 0 Å². The molecule has 8 heteroatoms. The van der Waals surface area contributed by atoms with Crippen molar-refractivity contribution in [2.75, 3.05) is 0 Å². The summed E-state index contributed by atoms with van der Waals surface area (Å²) >= 11 is 0. The highest BCUT2D eigenvalue weighted by Gasteiger charge is 2.40. The van der Waals surface area contributed by atoms with Crippen molar-refractivity contribution < 1.29 is 18.0 Å². The molecule has 2 aliphatic rings. The number of carbonyl (C=O) groups excluding carboxylic acids is 1. The Morgan fingerprint density at radius 3 is 2.36 bits per heavy atom. The number of aryl methyl sites for hydroxylation is 1. The molecule has 2 fully saturated rings. The Kier molecular flexibility index (Phi) is 5.99. The number of fused-ring (bicyclic) bond motifs is 2. The van der Waals surface area contributed by atoms with Crippen molar-refractivity contribution in [2.45, 2.75) is 57.3 Å². The van der Waals surface area contributed by atoms with Crippen molar-refractivity contribution in [1.29, 1.82) is 0 Å². The van der Waals surface area contributed by atoms with Crippen LogP contribution in [0.2, 0.25) is 0 Å². The number of rotatable bonds is 2. The molecule has 0 aliphatic heterocycles. The number of nitrogens with two attached hydrogens (primary N) is 1. The molecule has 3 rings (SSSR count). The minimum absolute atomic E-state index is 0. The lowest BCUT2D eigenvalue weighted by Crippen LogP contribution is -2.53. The lowest BCUT2D eigenvalue weighted by atomic mass is 9.67. The maximum absolute atomic E-state index is 12.7. The van der Waals surface area contributed by atoms with Crippen LogP contribution in [0.25, 0.3) is 0 Å². The van der Waals surface area contributed by atoms with Crippen LogP contribution in [-0.4, -0.2) is 23.0 Å². The van der Waals surface area contributed by atoms with Gasteiger partial charge in [-0.1, -0.05) is 6.42 Å². The molecular weight excluding hydrogens is 355 g/mol. The van der Waals surface area contributed by atoms with Crippen LogP contribution in [0.1, 0.15) is 53.8 Å². The second-order valence-corrected chi connectivity index (χ2v) is 7.01. The zero-order valence-electron chi connectivity index (χ0n) is 14.0. The van der Waals surface area contributed by atoms with Crippen LogP contribution in [0.15, 0.2) is 12.1 Å². The number of carbonyl (C=O) groups is 1. The van der Waals surface area contributed by atoms with Gasteiger partial charge in [0.25, 0.3) is 5.91 Å². The first-order valence-corrected chi connectivity index (χ1v) is 8.37. The quantitative estimate of drug-likeness (QED) is 0.829. The monoisotopic (exact) mass is 377 g/mol. The van der Waals surface area contributed by atoms with E-state index in [9.17, 15) is 18.0 Å². The van der Waals surface area contributed by atoms with E-state index in [1.807, 2.05) is 0 Å². The molecule has 1 amide bonds. The van der Waals surface area contributed by atoms with Gasteiger partial charge in [0, 0.05) is 12.1 Å². The molecule has 1 aromatic rings. The third-order valence-corrected chi connectivity index (χ3v) is 5.30. The summed E-state index contributed by atoms with van der Waals surface area (Å²) in [6, 6.07) is 2.32. The number of amides is 1. The maximum Gasteiger partial charge on any atom is 0.433 e. The Balaban J connectivity index is 0.00000225. The largest absolute Gasteiger partial charge is 0.433 e. The zero-order valence-corrected chi connectivity index (χ0v) is 14.8. The van der Waals surface area contributed by atoms with Gasteiger partial charge in [-0.05, 0) is 56.6 Å². The first-order valence-electron chi connectivity index (χ1n) is 8.37. The third kappa shape index (κ3) is 4.26. The van der Waals surface area contributed by atoms with Gasteiger partial charge in [0.05, 0.1) is 11.3 Å². The number of hydrogen-bond acceptors (Lipinski definition) is 3. The summed E-state index contributed by atoms with van der Waals surface area (Å²) < 4.78 is 38.1. The highest BCUT2D eigenvalue weighted by Crippen LogP contribution is 2.39. The van der Waals surface area contributed by atoms with Crippen molar-refractivity contribution >= 4 is 18.3 Å². The number of hydrogen-bond donors (Lipinski definition) is 2. The second kappa shape index (κ2) is 7.50. The normalized spacial score (nSPS) is 28.8. The summed E-state index contributed by atoms with van der Waals surface area (Å²) in [4.78, 5) is 16.1. The van der Waals surface area contributed by atoms with E-state index in [0.717, 1.165) is 38.2 Å². The summed E-state index contributed by atoms with van der Waals surface area (Å²) in [6.45, 7) is 1.43. The standard InChI is InChI=1S/C17H22F3N3O.ClH/c1-9-13(5-6-14(22-9)17(18,19)20)16(24)23-15-10-3-2-4-11(15)8-12(21)7-10;/h5-6,10-12,15H,2-4,7-8,21H2,1H3,(H,23,24);1H. The number of aromatic nitrogens is 1. The van der Waals surface area contributed by atoms with Crippen molar-refractivity contribution in [3.8, 4) is 0 Å². The Morgan fingerprint density at radius 2 is 1.84 bits per heavy atom. The number of nitrogens with zero attached hydrogens (tertiary/aromatic N) is 1. The fraction of sp³-hybridized carbons (Fsp3) is 0.647. The smallest absolute Gasteiger partial charge is 0.349 e. The molecule has 2 saturated carbocycles. The molecule has 2 bridgehead atoms. The fourth-order valence-corrected chi connectivity index (χ4v) is 4.21. The van der Waals surface area contributed by atoms with E-state index >= 15 is 0 Å². The van der Waals surface area contributed by atoms with E-state index in [2.05, 4.69) is 10.3 Å². The van der Waals surface area contributed by atoms with Crippen molar-refractivity contribution in [1.82, 2.24) is 10.3 Å². The van der Waals surface area contributed by atoms with Gasteiger partial charge in [0.1, 0.15) is 5.69 Å². The maximum atomic E-state index is 12.7. The molecule has 0 aromatic carbocycles.